The summed E-state index contributed by atoms with van der Waals surface area (Å²) in [6.45, 7) is 5.58. The number of hydrogen-bond donors (Lipinski definition) is 2. The minimum absolute atomic E-state index is 0.141. The summed E-state index contributed by atoms with van der Waals surface area (Å²) in [6.07, 6.45) is 0.905. The molecule has 0 spiro atoms. The Labute approximate surface area is 205 Å². The fourth-order valence-electron chi connectivity index (χ4n) is 4.48. The van der Waals surface area contributed by atoms with Crippen LogP contribution in [0.1, 0.15) is 12.5 Å². The number of piperazine rings is 1. The number of aromatic nitrogens is 2. The number of nitrogens with zero attached hydrogens (tertiary/aromatic N) is 4. The van der Waals surface area contributed by atoms with Crippen molar-refractivity contribution in [3.63, 3.8) is 0 Å². The van der Waals surface area contributed by atoms with E-state index in [1.165, 1.54) is 5.56 Å². The highest BCUT2D eigenvalue weighted by molar-refractivity contribution is 5.92. The molecule has 7 nitrogen and oxygen atoms in total. The maximum atomic E-state index is 11.6. The molecule has 2 heterocycles. The van der Waals surface area contributed by atoms with Crippen LogP contribution in [-0.4, -0.2) is 53.5 Å². The van der Waals surface area contributed by atoms with Crippen molar-refractivity contribution >= 4 is 34.0 Å². The first kappa shape index (κ1) is 22.7. The van der Waals surface area contributed by atoms with Gasteiger partial charge in [0.05, 0.1) is 5.52 Å². The Hall–Kier alpha value is -4.13. The molecule has 0 saturated carbocycles. The van der Waals surface area contributed by atoms with Crippen LogP contribution in [0.2, 0.25) is 0 Å². The molecule has 0 aliphatic carbocycles. The summed E-state index contributed by atoms with van der Waals surface area (Å²) in [5.74, 6) is 1.62. The van der Waals surface area contributed by atoms with Gasteiger partial charge in [-0.25, -0.2) is 9.97 Å². The Balaban J connectivity index is 1.37. The van der Waals surface area contributed by atoms with E-state index < -0.39 is 0 Å². The molecule has 1 fully saturated rings. The van der Waals surface area contributed by atoms with E-state index in [4.69, 9.17) is 15.7 Å². The van der Waals surface area contributed by atoms with E-state index in [9.17, 15) is 4.79 Å². The zero-order chi connectivity index (χ0) is 24.2. The average molecular weight is 467 g/mol. The number of nitrogen functional groups attached to an aromatic ring is 1. The van der Waals surface area contributed by atoms with Crippen LogP contribution in [0.4, 0.5) is 17.2 Å². The van der Waals surface area contributed by atoms with Crippen LogP contribution in [0.25, 0.3) is 22.3 Å². The van der Waals surface area contributed by atoms with Gasteiger partial charge < -0.3 is 20.9 Å². The summed E-state index contributed by atoms with van der Waals surface area (Å²) >= 11 is 0. The molecule has 1 aliphatic rings. The molecule has 5 rings (SSSR count). The van der Waals surface area contributed by atoms with Gasteiger partial charge in [-0.05, 0) is 54.4 Å². The summed E-state index contributed by atoms with van der Waals surface area (Å²) in [7, 11) is 0. The maximum Gasteiger partial charge on any atom is 0.219 e. The molecule has 178 valence electrons. The maximum absolute atomic E-state index is 11.6. The summed E-state index contributed by atoms with van der Waals surface area (Å²) in [5, 5.41) is 4.46. The predicted molar refractivity (Wildman–Crippen MR) is 142 cm³/mol. The van der Waals surface area contributed by atoms with Gasteiger partial charge in [0.25, 0.3) is 0 Å². The minimum atomic E-state index is 0.141. The van der Waals surface area contributed by atoms with Crippen molar-refractivity contribution < 1.29 is 4.79 Å². The molecule has 0 radical (unpaired) electrons. The van der Waals surface area contributed by atoms with Crippen LogP contribution in [0.3, 0.4) is 0 Å². The van der Waals surface area contributed by atoms with Crippen molar-refractivity contribution in [2.24, 2.45) is 0 Å². The smallest absolute Gasteiger partial charge is 0.219 e. The fraction of sp³-hybridized carbons (Fsp3) is 0.250. The van der Waals surface area contributed by atoms with Gasteiger partial charge in [-0.2, -0.15) is 0 Å². The fourth-order valence-corrected chi connectivity index (χ4v) is 4.48. The lowest BCUT2D eigenvalue weighted by Crippen LogP contribution is -2.48. The van der Waals surface area contributed by atoms with Gasteiger partial charge in [0.15, 0.2) is 5.82 Å². The van der Waals surface area contributed by atoms with Gasteiger partial charge in [-0.1, -0.05) is 30.3 Å². The first-order valence-electron chi connectivity index (χ1n) is 12.0. The Bertz CT molecular complexity index is 1310. The third-order valence-corrected chi connectivity index (χ3v) is 6.49. The van der Waals surface area contributed by atoms with Crippen LogP contribution >= 0.6 is 0 Å². The molecule has 0 unspecified atom stereocenters. The Kier molecular flexibility index (Phi) is 6.48. The molecule has 1 aliphatic heterocycles. The van der Waals surface area contributed by atoms with E-state index in [1.54, 1.807) is 6.92 Å². The first-order chi connectivity index (χ1) is 17.1. The second-order valence-corrected chi connectivity index (χ2v) is 8.87. The minimum Gasteiger partial charge on any atom is -0.399 e. The van der Waals surface area contributed by atoms with Crippen LogP contribution < -0.4 is 16.0 Å². The van der Waals surface area contributed by atoms with E-state index in [0.29, 0.717) is 11.5 Å². The molecule has 1 saturated heterocycles. The van der Waals surface area contributed by atoms with Gasteiger partial charge in [0.1, 0.15) is 5.82 Å². The number of anilines is 3. The SMILES string of the molecule is CC(=O)N1CCN(c2ccc(-c3nc(NCCc4ccccc4)c4ccc(N)cc4n3)cc2)CC1. The second-order valence-electron chi connectivity index (χ2n) is 8.87. The molecule has 0 bridgehead atoms. The van der Waals surface area contributed by atoms with Gasteiger partial charge in [-0.15, -0.1) is 0 Å². The zero-order valence-electron chi connectivity index (χ0n) is 19.9. The Morgan fingerprint density at radius 1 is 0.943 bits per heavy atom. The third-order valence-electron chi connectivity index (χ3n) is 6.49. The van der Waals surface area contributed by atoms with Gasteiger partial charge in [0.2, 0.25) is 5.91 Å². The van der Waals surface area contributed by atoms with E-state index in [0.717, 1.165) is 67.1 Å². The number of nitrogens with two attached hydrogens (primary N) is 1. The monoisotopic (exact) mass is 466 g/mol. The molecule has 1 amide bonds. The highest BCUT2D eigenvalue weighted by atomic mass is 16.2. The average Bonchev–Trinajstić information content (AvgIpc) is 2.89. The van der Waals surface area contributed by atoms with Crippen molar-refractivity contribution in [3.8, 4) is 11.4 Å². The number of benzene rings is 3. The highest BCUT2D eigenvalue weighted by Crippen LogP contribution is 2.28. The van der Waals surface area contributed by atoms with Crippen LogP contribution in [0, 0.1) is 0 Å². The summed E-state index contributed by atoms with van der Waals surface area (Å²) in [6, 6.07) is 24.5. The molecular formula is C28H30N6O. The normalized spacial score (nSPS) is 13.7. The van der Waals surface area contributed by atoms with Crippen LogP contribution in [-0.2, 0) is 11.2 Å². The number of amides is 1. The number of carbonyl (C=O) groups excluding carboxylic acids is 1. The van der Waals surface area contributed by atoms with Crippen LogP contribution in [0.15, 0.2) is 72.8 Å². The highest BCUT2D eigenvalue weighted by Gasteiger charge is 2.19. The van der Waals surface area contributed by atoms with Crippen molar-refractivity contribution in [3.05, 3.63) is 78.4 Å². The summed E-state index contributed by atoms with van der Waals surface area (Å²) in [5.41, 5.74) is 10.9. The zero-order valence-corrected chi connectivity index (χ0v) is 19.9. The standard InChI is InChI=1S/C28H30N6O/c1-20(35)33-15-17-34(18-16-33)24-10-7-22(8-11-24)27-31-26-19-23(29)9-12-25(26)28(32-27)30-14-13-21-5-3-2-4-6-21/h2-12,19H,13-18,29H2,1H3,(H,30,31,32). The molecule has 1 aromatic heterocycles. The van der Waals surface area contributed by atoms with Crippen molar-refractivity contribution in [2.45, 2.75) is 13.3 Å². The van der Waals surface area contributed by atoms with Gasteiger partial charge in [-0.3, -0.25) is 4.79 Å². The molecule has 3 N–H and O–H groups in total. The van der Waals surface area contributed by atoms with Crippen molar-refractivity contribution in [1.29, 1.82) is 0 Å². The van der Waals surface area contributed by atoms with E-state index >= 15 is 0 Å². The van der Waals surface area contributed by atoms with Crippen molar-refractivity contribution in [2.75, 3.05) is 48.7 Å². The predicted octanol–water partition coefficient (Wildman–Crippen LogP) is 4.20. The van der Waals surface area contributed by atoms with Crippen LogP contribution in [0.5, 0.6) is 0 Å². The molecule has 7 heteroatoms. The van der Waals surface area contributed by atoms with Gasteiger partial charge in [0, 0.05) is 62.0 Å². The van der Waals surface area contributed by atoms with E-state index in [-0.39, 0.29) is 5.91 Å². The summed E-state index contributed by atoms with van der Waals surface area (Å²) < 4.78 is 0. The van der Waals surface area contributed by atoms with E-state index in [1.807, 2.05) is 29.2 Å². The molecule has 4 aromatic rings. The number of carbonyl (C=O) groups is 1. The second kappa shape index (κ2) is 10.0. The lowest BCUT2D eigenvalue weighted by molar-refractivity contribution is -0.129. The quantitative estimate of drug-likeness (QED) is 0.414. The number of hydrogen-bond acceptors (Lipinski definition) is 6. The molecular weight excluding hydrogens is 436 g/mol. The largest absolute Gasteiger partial charge is 0.399 e. The number of fused-ring (bicyclic) bond motifs is 1. The Morgan fingerprint density at radius 3 is 2.40 bits per heavy atom. The number of nitrogens with one attached hydrogen (secondary N) is 1. The molecule has 3 aromatic carbocycles. The van der Waals surface area contributed by atoms with Crippen molar-refractivity contribution in [1.82, 2.24) is 14.9 Å². The molecule has 0 atom stereocenters. The topological polar surface area (TPSA) is 87.4 Å². The summed E-state index contributed by atoms with van der Waals surface area (Å²) in [4.78, 5) is 25.5. The lowest BCUT2D eigenvalue weighted by Gasteiger charge is -2.35. The lowest BCUT2D eigenvalue weighted by atomic mass is 10.1. The van der Waals surface area contributed by atoms with E-state index in [2.05, 4.69) is 58.7 Å². The van der Waals surface area contributed by atoms with Gasteiger partial charge >= 0.3 is 0 Å². The molecule has 35 heavy (non-hydrogen) atoms. The first-order valence-corrected chi connectivity index (χ1v) is 12.0. The number of rotatable bonds is 6. The third kappa shape index (κ3) is 5.19. The Morgan fingerprint density at radius 2 is 1.69 bits per heavy atom.